The van der Waals surface area contributed by atoms with Gasteiger partial charge in [-0.1, -0.05) is 18.2 Å². The van der Waals surface area contributed by atoms with Crippen molar-refractivity contribution in [3.63, 3.8) is 0 Å². The van der Waals surface area contributed by atoms with Crippen LogP contribution in [0.2, 0.25) is 0 Å². The molecule has 1 aromatic carbocycles. The molecule has 126 valence electrons. The molecule has 1 aliphatic rings. The smallest absolute Gasteiger partial charge is 0.409 e. The first-order valence-electron chi connectivity index (χ1n) is 8.08. The third kappa shape index (κ3) is 5.78. The van der Waals surface area contributed by atoms with Gasteiger partial charge in [0.25, 0.3) is 0 Å². The summed E-state index contributed by atoms with van der Waals surface area (Å²) < 4.78 is 5.01. The molecule has 0 aromatic heterocycles. The van der Waals surface area contributed by atoms with E-state index in [0.717, 1.165) is 18.6 Å². The van der Waals surface area contributed by atoms with Crippen LogP contribution in [-0.4, -0.2) is 48.9 Å². The van der Waals surface area contributed by atoms with Gasteiger partial charge in [-0.05, 0) is 31.9 Å². The number of benzene rings is 1. The summed E-state index contributed by atoms with van der Waals surface area (Å²) in [7, 11) is 0. The van der Waals surface area contributed by atoms with E-state index in [4.69, 9.17) is 4.74 Å². The third-order valence-corrected chi connectivity index (χ3v) is 4.75. The van der Waals surface area contributed by atoms with Crippen molar-refractivity contribution in [3.05, 3.63) is 30.3 Å². The zero-order chi connectivity index (χ0) is 16.5. The van der Waals surface area contributed by atoms with E-state index in [-0.39, 0.29) is 17.9 Å². The van der Waals surface area contributed by atoms with Crippen LogP contribution in [0, 0.1) is 5.92 Å². The number of nitrogens with one attached hydrogen (secondary N) is 1. The van der Waals surface area contributed by atoms with Crippen LogP contribution < -0.4 is 5.32 Å². The molecule has 5 nitrogen and oxygen atoms in total. The summed E-state index contributed by atoms with van der Waals surface area (Å²) in [6.45, 7) is 3.91. The van der Waals surface area contributed by atoms with Gasteiger partial charge in [-0.25, -0.2) is 4.79 Å². The zero-order valence-electron chi connectivity index (χ0n) is 13.5. The summed E-state index contributed by atoms with van der Waals surface area (Å²) in [5, 5.41) is 2.98. The van der Waals surface area contributed by atoms with Gasteiger partial charge in [-0.15, -0.1) is 11.8 Å². The fraction of sp³-hybridized carbons (Fsp3) is 0.529. The lowest BCUT2D eigenvalue weighted by molar-refractivity contribution is -0.126. The van der Waals surface area contributed by atoms with E-state index in [1.165, 1.54) is 4.90 Å². The summed E-state index contributed by atoms with van der Waals surface area (Å²) >= 11 is 1.72. The summed E-state index contributed by atoms with van der Waals surface area (Å²) in [6, 6.07) is 10.1. The molecule has 0 spiro atoms. The highest BCUT2D eigenvalue weighted by Gasteiger charge is 2.28. The summed E-state index contributed by atoms with van der Waals surface area (Å²) in [4.78, 5) is 26.8. The lowest BCUT2D eigenvalue weighted by atomic mass is 9.97. The highest BCUT2D eigenvalue weighted by Crippen LogP contribution is 2.18. The molecule has 1 N–H and O–H groups in total. The number of amides is 2. The van der Waals surface area contributed by atoms with E-state index in [2.05, 4.69) is 17.4 Å². The second-order valence-electron chi connectivity index (χ2n) is 5.44. The Hall–Kier alpha value is -1.69. The number of ether oxygens (including phenoxy) is 1. The molecule has 2 amide bonds. The lowest BCUT2D eigenvalue weighted by Gasteiger charge is -2.31. The average molecular weight is 336 g/mol. The second kappa shape index (κ2) is 9.45. The predicted molar refractivity (Wildman–Crippen MR) is 91.5 cm³/mol. The lowest BCUT2D eigenvalue weighted by Crippen LogP contribution is -2.46. The van der Waals surface area contributed by atoms with Crippen molar-refractivity contribution < 1.29 is 14.3 Å². The van der Waals surface area contributed by atoms with Crippen LogP contribution in [-0.2, 0) is 9.53 Å². The first-order valence-corrected chi connectivity index (χ1v) is 9.06. The molecule has 1 unspecified atom stereocenters. The highest BCUT2D eigenvalue weighted by atomic mass is 32.2. The van der Waals surface area contributed by atoms with E-state index >= 15 is 0 Å². The predicted octanol–water partition coefficient (Wildman–Crippen LogP) is 2.76. The molecule has 6 heteroatoms. The first-order chi connectivity index (χ1) is 11.2. The van der Waals surface area contributed by atoms with Crippen LogP contribution in [0.1, 0.15) is 19.8 Å². The number of piperidine rings is 1. The Kier molecular flexibility index (Phi) is 7.26. The number of carbonyl (C=O) groups is 2. The second-order valence-corrected chi connectivity index (χ2v) is 6.60. The van der Waals surface area contributed by atoms with Gasteiger partial charge in [0, 0.05) is 30.3 Å². The summed E-state index contributed by atoms with van der Waals surface area (Å²) in [5.74, 6) is 0.742. The van der Waals surface area contributed by atoms with Crippen LogP contribution in [0.3, 0.4) is 0 Å². The molecule has 0 saturated carbocycles. The van der Waals surface area contributed by atoms with Crippen molar-refractivity contribution in [1.82, 2.24) is 10.2 Å². The molecule has 2 rings (SSSR count). The Labute approximate surface area is 141 Å². The van der Waals surface area contributed by atoms with Crippen molar-refractivity contribution in [2.24, 2.45) is 5.92 Å². The number of carbonyl (C=O) groups excluding carboxylic acids is 2. The number of thioether (sulfide) groups is 1. The zero-order valence-corrected chi connectivity index (χ0v) is 14.3. The number of nitrogens with zero attached hydrogens (tertiary/aromatic N) is 1. The standard InChI is InChI=1S/C17H24N2O3S/c1-2-22-17(21)19-11-6-7-14(13-19)16(20)18-10-12-23-15-8-4-3-5-9-15/h3-5,8-9,14H,2,6-7,10-13H2,1H3,(H,18,20). The molecule has 1 aliphatic heterocycles. The number of hydrogen-bond donors (Lipinski definition) is 1. The average Bonchev–Trinajstić information content (AvgIpc) is 2.60. The fourth-order valence-electron chi connectivity index (χ4n) is 2.58. The summed E-state index contributed by atoms with van der Waals surface area (Å²) in [5.41, 5.74) is 0. The van der Waals surface area contributed by atoms with Crippen molar-refractivity contribution in [2.45, 2.75) is 24.7 Å². The van der Waals surface area contributed by atoms with Gasteiger partial charge in [0.1, 0.15) is 0 Å². The van der Waals surface area contributed by atoms with Crippen LogP contribution in [0.5, 0.6) is 0 Å². The quantitative estimate of drug-likeness (QED) is 0.641. The Morgan fingerprint density at radius 1 is 1.35 bits per heavy atom. The van der Waals surface area contributed by atoms with E-state index in [1.807, 2.05) is 18.2 Å². The molecule has 0 aliphatic carbocycles. The number of likely N-dealkylation sites (tertiary alicyclic amines) is 1. The molecule has 1 atom stereocenters. The topological polar surface area (TPSA) is 58.6 Å². The molecule has 1 fully saturated rings. The van der Waals surface area contributed by atoms with Crippen molar-refractivity contribution in [2.75, 3.05) is 32.0 Å². The minimum atomic E-state index is -0.315. The van der Waals surface area contributed by atoms with Crippen molar-refractivity contribution in [1.29, 1.82) is 0 Å². The minimum absolute atomic E-state index is 0.0349. The Bertz CT molecular complexity index is 510. The maximum absolute atomic E-state index is 12.2. The third-order valence-electron chi connectivity index (χ3n) is 3.73. The monoisotopic (exact) mass is 336 g/mol. The van der Waals surface area contributed by atoms with E-state index in [9.17, 15) is 9.59 Å². The van der Waals surface area contributed by atoms with Gasteiger partial charge in [-0.3, -0.25) is 4.79 Å². The fourth-order valence-corrected chi connectivity index (χ4v) is 3.37. The van der Waals surface area contributed by atoms with Crippen LogP contribution in [0.15, 0.2) is 35.2 Å². The Balaban J connectivity index is 1.69. The highest BCUT2D eigenvalue weighted by molar-refractivity contribution is 7.99. The molecule has 23 heavy (non-hydrogen) atoms. The van der Waals surface area contributed by atoms with Crippen LogP contribution >= 0.6 is 11.8 Å². The van der Waals surface area contributed by atoms with Gasteiger partial charge < -0.3 is 15.0 Å². The number of hydrogen-bond acceptors (Lipinski definition) is 4. The number of rotatable bonds is 6. The van der Waals surface area contributed by atoms with Gasteiger partial charge in [0.05, 0.1) is 12.5 Å². The van der Waals surface area contributed by atoms with Crippen molar-refractivity contribution in [3.8, 4) is 0 Å². The SMILES string of the molecule is CCOC(=O)N1CCCC(C(=O)NCCSc2ccccc2)C1. The van der Waals surface area contributed by atoms with Gasteiger partial charge in [0.15, 0.2) is 0 Å². The van der Waals surface area contributed by atoms with Crippen molar-refractivity contribution >= 4 is 23.8 Å². The Morgan fingerprint density at radius 2 is 2.13 bits per heavy atom. The maximum atomic E-state index is 12.2. The minimum Gasteiger partial charge on any atom is -0.450 e. The maximum Gasteiger partial charge on any atom is 0.409 e. The molecule has 0 radical (unpaired) electrons. The largest absolute Gasteiger partial charge is 0.450 e. The first kappa shape index (κ1) is 17.7. The normalized spacial score (nSPS) is 17.6. The molecule has 1 aromatic rings. The Morgan fingerprint density at radius 3 is 2.87 bits per heavy atom. The molecule has 1 saturated heterocycles. The molecule has 0 bridgehead atoms. The molecule has 1 heterocycles. The molecular formula is C17H24N2O3S. The van der Waals surface area contributed by atoms with Gasteiger partial charge in [-0.2, -0.15) is 0 Å². The van der Waals surface area contributed by atoms with E-state index in [0.29, 0.717) is 26.2 Å². The van der Waals surface area contributed by atoms with Crippen LogP contribution in [0.25, 0.3) is 0 Å². The van der Waals surface area contributed by atoms with Gasteiger partial charge >= 0.3 is 6.09 Å². The van der Waals surface area contributed by atoms with Gasteiger partial charge in [0.2, 0.25) is 5.91 Å². The van der Waals surface area contributed by atoms with Crippen LogP contribution in [0.4, 0.5) is 4.79 Å². The molecular weight excluding hydrogens is 312 g/mol. The summed E-state index contributed by atoms with van der Waals surface area (Å²) in [6.07, 6.45) is 1.35. The van der Waals surface area contributed by atoms with E-state index < -0.39 is 0 Å². The van der Waals surface area contributed by atoms with E-state index in [1.54, 1.807) is 23.6 Å².